The average molecular weight is 334 g/mol. The second kappa shape index (κ2) is 6.68. The van der Waals surface area contributed by atoms with Crippen LogP contribution < -0.4 is 21.9 Å². The average Bonchev–Trinajstić information content (AvgIpc) is 2.79. The van der Waals surface area contributed by atoms with E-state index in [-0.39, 0.29) is 0 Å². The summed E-state index contributed by atoms with van der Waals surface area (Å²) in [6.45, 7) is 9.94. The van der Waals surface area contributed by atoms with E-state index in [2.05, 4.69) is 100 Å². The molecule has 0 spiro atoms. The van der Waals surface area contributed by atoms with Gasteiger partial charge in [-0.05, 0) is 25.0 Å². The number of hydrogen-bond acceptors (Lipinski definition) is 0. The minimum Gasteiger partial charge on any atom is -0.0774 e. The molecule has 3 aromatic rings. The molecular formula is C24H24B2. The van der Waals surface area contributed by atoms with Crippen LogP contribution in [0.3, 0.4) is 0 Å². The van der Waals surface area contributed by atoms with Crippen molar-refractivity contribution in [1.82, 2.24) is 0 Å². The topological polar surface area (TPSA) is 0 Å². The second-order valence-electron chi connectivity index (χ2n) is 7.60. The maximum Gasteiger partial charge on any atom is 0.207 e. The van der Waals surface area contributed by atoms with E-state index in [1.54, 1.807) is 0 Å². The van der Waals surface area contributed by atoms with E-state index in [9.17, 15) is 0 Å². The van der Waals surface area contributed by atoms with Crippen LogP contribution in [0.4, 0.5) is 0 Å². The normalized spacial score (nSPS) is 12.4. The van der Waals surface area contributed by atoms with E-state index >= 15 is 0 Å². The van der Waals surface area contributed by atoms with Gasteiger partial charge in [-0.2, -0.15) is 0 Å². The minimum atomic E-state index is 0.399. The highest BCUT2D eigenvalue weighted by Crippen LogP contribution is 2.13. The number of hydrogen-bond donors (Lipinski definition) is 0. The Labute approximate surface area is 158 Å². The molecule has 0 N–H and O–H groups in total. The molecule has 26 heavy (non-hydrogen) atoms. The van der Waals surface area contributed by atoms with Crippen LogP contribution in [0.1, 0.15) is 22.3 Å². The van der Waals surface area contributed by atoms with Crippen LogP contribution in [-0.2, 0) is 0 Å². The first-order chi connectivity index (χ1) is 12.6. The summed E-state index contributed by atoms with van der Waals surface area (Å²) in [5, 5.41) is 0. The molecule has 0 aliphatic carbocycles. The van der Waals surface area contributed by atoms with Crippen molar-refractivity contribution < 1.29 is 0 Å². The fourth-order valence-electron chi connectivity index (χ4n) is 4.39. The van der Waals surface area contributed by atoms with Crippen molar-refractivity contribution in [2.24, 2.45) is 0 Å². The van der Waals surface area contributed by atoms with Gasteiger partial charge in [-0.25, -0.2) is 0 Å². The Kier molecular flexibility index (Phi) is 4.36. The predicted molar refractivity (Wildman–Crippen MR) is 120 cm³/mol. The van der Waals surface area contributed by atoms with Crippen LogP contribution in [0.15, 0.2) is 60.7 Å². The summed E-state index contributed by atoms with van der Waals surface area (Å²) < 4.78 is 0. The van der Waals surface area contributed by atoms with E-state index in [1.807, 2.05) is 0 Å². The first-order valence-electron chi connectivity index (χ1n) is 9.53. The van der Waals surface area contributed by atoms with Gasteiger partial charge < -0.3 is 0 Å². The highest BCUT2D eigenvalue weighted by Gasteiger charge is 2.24. The minimum absolute atomic E-state index is 0.399. The third-order valence-corrected chi connectivity index (χ3v) is 5.96. The smallest absolute Gasteiger partial charge is 0.0774 e. The Morgan fingerprint density at radius 1 is 0.692 bits per heavy atom. The lowest BCUT2D eigenvalue weighted by Crippen LogP contribution is -2.46. The maximum absolute atomic E-state index is 2.42. The zero-order valence-electron chi connectivity index (χ0n) is 16.1. The summed E-state index contributed by atoms with van der Waals surface area (Å²) in [5.74, 6) is 0. The first-order valence-corrected chi connectivity index (χ1v) is 9.53. The summed E-state index contributed by atoms with van der Waals surface area (Å²) >= 11 is 0. The van der Waals surface area contributed by atoms with E-state index < -0.39 is 0 Å². The molecule has 1 aliphatic rings. The Morgan fingerprint density at radius 3 is 2.19 bits per heavy atom. The fourth-order valence-corrected chi connectivity index (χ4v) is 4.39. The van der Waals surface area contributed by atoms with Gasteiger partial charge in [0.1, 0.15) is 0 Å². The van der Waals surface area contributed by atoms with Gasteiger partial charge >= 0.3 is 0 Å². The Balaban J connectivity index is 1.83. The summed E-state index contributed by atoms with van der Waals surface area (Å²) in [7, 11) is 0. The number of benzene rings is 3. The molecule has 0 saturated heterocycles. The molecule has 0 unspecified atom stereocenters. The number of aryl methyl sites for hydroxylation is 2. The van der Waals surface area contributed by atoms with Crippen molar-refractivity contribution in [3.8, 4) is 0 Å². The molecule has 4 rings (SSSR count). The van der Waals surface area contributed by atoms with Crippen molar-refractivity contribution in [3.63, 3.8) is 0 Å². The first kappa shape index (κ1) is 17.0. The van der Waals surface area contributed by atoms with Crippen molar-refractivity contribution >= 4 is 47.4 Å². The highest BCUT2D eigenvalue weighted by atomic mass is 14.1. The van der Waals surface area contributed by atoms with Crippen molar-refractivity contribution in [3.05, 3.63) is 82.9 Å². The molecule has 0 amide bonds. The Morgan fingerprint density at radius 2 is 1.38 bits per heavy atom. The molecule has 1 heterocycles. The van der Waals surface area contributed by atoms with Gasteiger partial charge in [0.25, 0.3) is 0 Å². The quantitative estimate of drug-likeness (QED) is 0.631. The summed E-state index contributed by atoms with van der Waals surface area (Å²) in [6, 6.07) is 22.3. The van der Waals surface area contributed by atoms with Crippen LogP contribution in [-0.4, -0.2) is 13.4 Å². The van der Waals surface area contributed by atoms with Gasteiger partial charge in [-0.15, -0.1) is 0 Å². The van der Waals surface area contributed by atoms with E-state index in [0.717, 1.165) is 0 Å². The summed E-state index contributed by atoms with van der Waals surface area (Å²) in [4.78, 5) is 0. The van der Waals surface area contributed by atoms with Crippen LogP contribution in [0.25, 0.3) is 12.2 Å². The molecule has 0 radical (unpaired) electrons. The lowest BCUT2D eigenvalue weighted by molar-refractivity contribution is 1.49. The molecule has 0 aromatic heterocycles. The predicted octanol–water partition coefficient (Wildman–Crippen LogP) is 3.26. The van der Waals surface area contributed by atoms with Crippen molar-refractivity contribution in [2.45, 2.75) is 27.5 Å². The lowest BCUT2D eigenvalue weighted by atomic mass is 9.38. The molecule has 0 fully saturated rings. The zero-order valence-corrected chi connectivity index (χ0v) is 16.1. The van der Waals surface area contributed by atoms with Crippen LogP contribution >= 0.6 is 0 Å². The molecule has 126 valence electrons. The van der Waals surface area contributed by atoms with E-state index in [0.29, 0.717) is 13.4 Å². The molecule has 0 bridgehead atoms. The molecular weight excluding hydrogens is 310 g/mol. The van der Waals surface area contributed by atoms with Gasteiger partial charge in [0.05, 0.1) is 0 Å². The van der Waals surface area contributed by atoms with Gasteiger partial charge in [-0.3, -0.25) is 0 Å². The van der Waals surface area contributed by atoms with E-state index in [1.165, 1.54) is 44.1 Å². The second-order valence-corrected chi connectivity index (χ2v) is 7.60. The van der Waals surface area contributed by atoms with Crippen LogP contribution in [0.5, 0.6) is 0 Å². The van der Waals surface area contributed by atoms with Crippen molar-refractivity contribution in [1.29, 1.82) is 0 Å². The van der Waals surface area contributed by atoms with Crippen molar-refractivity contribution in [2.75, 3.05) is 0 Å². The Hall–Kier alpha value is -2.47. The third-order valence-electron chi connectivity index (χ3n) is 5.96. The van der Waals surface area contributed by atoms with Crippen LogP contribution in [0, 0.1) is 13.8 Å². The zero-order chi connectivity index (χ0) is 18.3. The standard InChI is InChI=1S/C24H24B2/c1-17-9-5-7-11-21(17)25(3)23-16-20-14-13-19-10-6-8-12-22(19)26(4)24(20)15-18(23)2/h5-16H,1-4H3. The van der Waals surface area contributed by atoms with Gasteiger partial charge in [0, 0.05) is 0 Å². The SMILES string of the molecule is CB(c1ccccc1C)c1cc2c(cc1C)B(C)c1ccccc1C=C2. The largest absolute Gasteiger partial charge is 0.207 e. The van der Waals surface area contributed by atoms with Gasteiger partial charge in [-0.1, -0.05) is 119 Å². The monoisotopic (exact) mass is 334 g/mol. The van der Waals surface area contributed by atoms with Gasteiger partial charge in [0.15, 0.2) is 0 Å². The highest BCUT2D eigenvalue weighted by molar-refractivity contribution is 6.87. The fraction of sp³-hybridized carbons (Fsp3) is 0.167. The van der Waals surface area contributed by atoms with Crippen LogP contribution in [0.2, 0.25) is 13.6 Å². The maximum atomic E-state index is 2.42. The lowest BCUT2D eigenvalue weighted by Gasteiger charge is -2.19. The Bertz CT molecular complexity index is 1000. The third kappa shape index (κ3) is 2.84. The molecule has 0 saturated carbocycles. The molecule has 2 heteroatoms. The van der Waals surface area contributed by atoms with Gasteiger partial charge in [0.2, 0.25) is 13.4 Å². The molecule has 1 aliphatic heterocycles. The molecule has 3 aromatic carbocycles. The molecule has 0 nitrogen and oxygen atoms in total. The molecule has 0 atom stereocenters. The number of rotatable bonds is 2. The van der Waals surface area contributed by atoms with E-state index in [4.69, 9.17) is 0 Å². The summed E-state index contributed by atoms with van der Waals surface area (Å²) in [5.41, 5.74) is 11.2. The number of fused-ring (bicyclic) bond motifs is 2. The summed E-state index contributed by atoms with van der Waals surface area (Å²) in [6.07, 6.45) is 4.57.